The molecule has 0 radical (unpaired) electrons. The molecule has 4 rings (SSSR count). The molecule has 39 heavy (non-hydrogen) atoms. The number of halogens is 1. The fraction of sp³-hybridized carbons (Fsp3) is 0.412. The summed E-state index contributed by atoms with van der Waals surface area (Å²) in [6, 6.07) is 24.0. The highest BCUT2D eigenvalue weighted by Crippen LogP contribution is 2.22. The van der Waals surface area contributed by atoms with Crippen LogP contribution in [0.15, 0.2) is 78.9 Å². The number of nitrogens with zero attached hydrogens (tertiary/aromatic N) is 1. The lowest BCUT2D eigenvalue weighted by Crippen LogP contribution is -2.53. The van der Waals surface area contributed by atoms with E-state index in [1.54, 1.807) is 23.1 Å². The van der Waals surface area contributed by atoms with E-state index >= 15 is 0 Å². The largest absolute Gasteiger partial charge is 0.352 e. The van der Waals surface area contributed by atoms with Gasteiger partial charge in [-0.2, -0.15) is 0 Å². The average Bonchev–Trinajstić information content (AvgIpc) is 2.95. The summed E-state index contributed by atoms with van der Waals surface area (Å²) in [4.78, 5) is 29.3. The van der Waals surface area contributed by atoms with E-state index in [0.29, 0.717) is 24.3 Å². The van der Waals surface area contributed by atoms with Crippen LogP contribution in [0.2, 0.25) is 0 Å². The highest BCUT2D eigenvalue weighted by atomic mass is 19.1. The fourth-order valence-electron chi connectivity index (χ4n) is 5.37. The van der Waals surface area contributed by atoms with E-state index in [1.807, 2.05) is 30.3 Å². The molecule has 206 valence electrons. The van der Waals surface area contributed by atoms with Gasteiger partial charge in [-0.05, 0) is 47.9 Å². The molecule has 3 aromatic rings. The summed E-state index contributed by atoms with van der Waals surface area (Å²) in [5.74, 6) is -0.230. The normalized spacial score (nSPS) is 14.7. The minimum atomic E-state index is -0.732. The summed E-state index contributed by atoms with van der Waals surface area (Å²) in [5.41, 5.74) is 3.71. The van der Waals surface area contributed by atoms with Gasteiger partial charge in [-0.15, -0.1) is 0 Å². The zero-order valence-electron chi connectivity index (χ0n) is 23.2. The molecule has 1 saturated carbocycles. The van der Waals surface area contributed by atoms with E-state index < -0.39 is 6.04 Å². The standard InChI is InChI=1S/C34H41FN2O2/c1-25(2)28-20-17-26(18-21-28)19-22-33(38)37(24-29-13-9-10-16-31(29)35)32(23-27-11-5-3-6-12-27)34(39)36-30-14-7-4-8-15-30/h3,5-6,9-13,16-18,20-21,25,30,32H,4,7-8,14-15,19,22-24H2,1-2H3,(H,36,39)/t32-/m1/s1. The Bertz CT molecular complexity index is 1200. The van der Waals surface area contributed by atoms with Crippen LogP contribution in [0, 0.1) is 5.82 Å². The van der Waals surface area contributed by atoms with Gasteiger partial charge >= 0.3 is 0 Å². The Labute approximate surface area is 232 Å². The van der Waals surface area contributed by atoms with Crippen molar-refractivity contribution in [3.8, 4) is 0 Å². The Hall–Kier alpha value is -3.47. The molecule has 5 heteroatoms. The molecule has 1 aliphatic carbocycles. The van der Waals surface area contributed by atoms with Gasteiger partial charge in [0.1, 0.15) is 11.9 Å². The van der Waals surface area contributed by atoms with Gasteiger partial charge in [0.2, 0.25) is 11.8 Å². The van der Waals surface area contributed by atoms with Crippen LogP contribution in [0.3, 0.4) is 0 Å². The number of aryl methyl sites for hydroxylation is 1. The molecular formula is C34H41FN2O2. The quantitative estimate of drug-likeness (QED) is 0.292. The Morgan fingerprint density at radius 1 is 0.872 bits per heavy atom. The summed E-state index contributed by atoms with van der Waals surface area (Å²) in [6.45, 7) is 4.36. The number of hydrogen-bond acceptors (Lipinski definition) is 2. The number of rotatable bonds is 11. The Morgan fingerprint density at radius 2 is 1.54 bits per heavy atom. The molecule has 0 bridgehead atoms. The lowest BCUT2D eigenvalue weighted by Gasteiger charge is -2.33. The first kappa shape index (κ1) is 28.5. The molecule has 1 aliphatic rings. The minimum absolute atomic E-state index is 0.0490. The Kier molecular flexibility index (Phi) is 10.3. The molecule has 0 aliphatic heterocycles. The highest BCUT2D eigenvalue weighted by Gasteiger charge is 2.32. The minimum Gasteiger partial charge on any atom is -0.352 e. The zero-order chi connectivity index (χ0) is 27.6. The Balaban J connectivity index is 1.59. The summed E-state index contributed by atoms with van der Waals surface area (Å²) in [5, 5.41) is 3.24. The number of amides is 2. The fourth-order valence-corrected chi connectivity index (χ4v) is 5.37. The highest BCUT2D eigenvalue weighted by molar-refractivity contribution is 5.88. The first-order valence-electron chi connectivity index (χ1n) is 14.4. The molecule has 1 N–H and O–H groups in total. The Morgan fingerprint density at radius 3 is 2.21 bits per heavy atom. The second-order valence-corrected chi connectivity index (χ2v) is 11.1. The smallest absolute Gasteiger partial charge is 0.243 e. The third-order valence-electron chi connectivity index (χ3n) is 7.80. The molecule has 0 aromatic heterocycles. The van der Waals surface area contributed by atoms with Crippen molar-refractivity contribution in [2.24, 2.45) is 0 Å². The van der Waals surface area contributed by atoms with E-state index in [4.69, 9.17) is 0 Å². The summed E-state index contributed by atoms with van der Waals surface area (Å²) < 4.78 is 14.8. The average molecular weight is 529 g/mol. The molecule has 0 spiro atoms. The van der Waals surface area contributed by atoms with Gasteiger partial charge in [-0.1, -0.05) is 106 Å². The van der Waals surface area contributed by atoms with Crippen LogP contribution in [-0.4, -0.2) is 28.8 Å². The molecule has 2 amide bonds. The van der Waals surface area contributed by atoms with Gasteiger partial charge in [0.05, 0.1) is 0 Å². The van der Waals surface area contributed by atoms with Crippen molar-refractivity contribution in [1.29, 1.82) is 0 Å². The van der Waals surface area contributed by atoms with Crippen LogP contribution in [0.4, 0.5) is 4.39 Å². The number of carbonyl (C=O) groups is 2. The monoisotopic (exact) mass is 528 g/mol. The van der Waals surface area contributed by atoms with E-state index in [9.17, 15) is 14.0 Å². The molecule has 4 nitrogen and oxygen atoms in total. The van der Waals surface area contributed by atoms with Crippen LogP contribution < -0.4 is 5.32 Å². The maximum atomic E-state index is 14.8. The molecule has 1 atom stereocenters. The second-order valence-electron chi connectivity index (χ2n) is 11.1. The molecular weight excluding hydrogens is 487 g/mol. The maximum absolute atomic E-state index is 14.8. The van der Waals surface area contributed by atoms with Crippen molar-refractivity contribution in [3.63, 3.8) is 0 Å². The van der Waals surface area contributed by atoms with Crippen molar-refractivity contribution >= 4 is 11.8 Å². The van der Waals surface area contributed by atoms with E-state index in [0.717, 1.165) is 36.8 Å². The van der Waals surface area contributed by atoms with Crippen LogP contribution in [0.1, 0.15) is 80.5 Å². The second kappa shape index (κ2) is 14.1. The molecule has 1 fully saturated rings. The van der Waals surface area contributed by atoms with Crippen LogP contribution in [0.25, 0.3) is 0 Å². The SMILES string of the molecule is CC(C)c1ccc(CCC(=O)N(Cc2ccccc2F)[C@H](Cc2ccccc2)C(=O)NC2CCCCC2)cc1. The first-order valence-corrected chi connectivity index (χ1v) is 14.4. The van der Waals surface area contributed by atoms with Crippen LogP contribution in [-0.2, 0) is 29.0 Å². The third kappa shape index (κ3) is 8.26. The summed E-state index contributed by atoms with van der Waals surface area (Å²) in [6.07, 6.45) is 6.49. The van der Waals surface area contributed by atoms with Crippen molar-refractivity contribution in [1.82, 2.24) is 10.2 Å². The van der Waals surface area contributed by atoms with Gasteiger partial charge in [-0.3, -0.25) is 9.59 Å². The molecule has 0 unspecified atom stereocenters. The molecule has 3 aromatic carbocycles. The molecule has 0 heterocycles. The maximum Gasteiger partial charge on any atom is 0.243 e. The number of nitrogens with one attached hydrogen (secondary N) is 1. The number of benzene rings is 3. The number of carbonyl (C=O) groups excluding carboxylic acids is 2. The summed E-state index contributed by atoms with van der Waals surface area (Å²) >= 11 is 0. The predicted octanol–water partition coefficient (Wildman–Crippen LogP) is 6.97. The first-order chi connectivity index (χ1) is 18.9. The van der Waals surface area contributed by atoms with Crippen molar-refractivity contribution in [3.05, 3.63) is 107 Å². The zero-order valence-corrected chi connectivity index (χ0v) is 23.2. The lowest BCUT2D eigenvalue weighted by molar-refractivity contribution is -0.141. The van der Waals surface area contributed by atoms with Crippen LogP contribution >= 0.6 is 0 Å². The van der Waals surface area contributed by atoms with Gasteiger partial charge in [0.25, 0.3) is 0 Å². The topological polar surface area (TPSA) is 49.4 Å². The van der Waals surface area contributed by atoms with Gasteiger partial charge in [-0.25, -0.2) is 4.39 Å². The van der Waals surface area contributed by atoms with Gasteiger partial charge in [0, 0.05) is 31.0 Å². The summed E-state index contributed by atoms with van der Waals surface area (Å²) in [7, 11) is 0. The van der Waals surface area contributed by atoms with Crippen molar-refractivity contribution < 1.29 is 14.0 Å². The van der Waals surface area contributed by atoms with E-state index in [-0.39, 0.29) is 36.6 Å². The third-order valence-corrected chi connectivity index (χ3v) is 7.80. The molecule has 0 saturated heterocycles. The van der Waals surface area contributed by atoms with E-state index in [1.165, 1.54) is 18.1 Å². The predicted molar refractivity (Wildman–Crippen MR) is 155 cm³/mol. The van der Waals surface area contributed by atoms with Gasteiger partial charge < -0.3 is 10.2 Å². The lowest BCUT2D eigenvalue weighted by atomic mass is 9.94. The van der Waals surface area contributed by atoms with Crippen molar-refractivity contribution in [2.45, 2.75) is 89.8 Å². The van der Waals surface area contributed by atoms with Crippen LogP contribution in [0.5, 0.6) is 0 Å². The van der Waals surface area contributed by atoms with Gasteiger partial charge in [0.15, 0.2) is 0 Å². The number of hydrogen-bond donors (Lipinski definition) is 1. The van der Waals surface area contributed by atoms with E-state index in [2.05, 4.69) is 43.4 Å². The van der Waals surface area contributed by atoms with Crippen molar-refractivity contribution in [2.75, 3.05) is 0 Å².